The van der Waals surface area contributed by atoms with Crippen LogP contribution in [-0.4, -0.2) is 17.2 Å². The number of hydrogen-bond donors (Lipinski definition) is 1. The fourth-order valence-corrected chi connectivity index (χ4v) is 2.98. The first kappa shape index (κ1) is 16.1. The first-order valence-electron chi connectivity index (χ1n) is 7.40. The number of nitrogens with one attached hydrogen (secondary N) is 1. The molecule has 0 spiro atoms. The second kappa shape index (κ2) is 6.64. The Bertz CT molecular complexity index is 524. The van der Waals surface area contributed by atoms with Gasteiger partial charge in [-0.1, -0.05) is 25.8 Å². The highest BCUT2D eigenvalue weighted by molar-refractivity contribution is 5.10. The smallest absolute Gasteiger partial charge is 0.312 e. The van der Waals surface area contributed by atoms with Crippen molar-refractivity contribution in [2.45, 2.75) is 51.4 Å². The third-order valence-corrected chi connectivity index (χ3v) is 4.19. The maximum absolute atomic E-state index is 12.9. The average molecular weight is 302 g/mol. The number of nitrogens with zero attached hydrogens (tertiary/aromatic N) is 1. The van der Waals surface area contributed by atoms with E-state index in [0.717, 1.165) is 36.0 Å². The van der Waals surface area contributed by atoms with Crippen LogP contribution in [0.1, 0.15) is 38.3 Å². The van der Waals surface area contributed by atoms with Crippen LogP contribution in [-0.2, 0) is 12.7 Å². The molecular weight excluding hydrogens is 281 g/mol. The minimum Gasteiger partial charge on any atom is -0.312 e. The molecule has 0 aliphatic heterocycles. The van der Waals surface area contributed by atoms with Crippen molar-refractivity contribution >= 4 is 0 Å². The Morgan fingerprint density at radius 1 is 1.29 bits per heavy atom. The molecule has 1 saturated carbocycles. The van der Waals surface area contributed by atoms with Gasteiger partial charge in [-0.25, -0.2) is 0 Å². The fraction of sp³-hybridized carbons (Fsp3) is 0.667. The Kier molecular flexibility index (Phi) is 5.08. The van der Waals surface area contributed by atoms with E-state index >= 15 is 0 Å². The van der Waals surface area contributed by atoms with Crippen LogP contribution in [0, 0.1) is 5.92 Å². The van der Waals surface area contributed by atoms with Gasteiger partial charge in [0.25, 0.3) is 5.56 Å². The number of aromatic nitrogens is 1. The molecule has 1 aromatic rings. The molecule has 1 aromatic heterocycles. The topological polar surface area (TPSA) is 34.0 Å². The van der Waals surface area contributed by atoms with E-state index in [-0.39, 0.29) is 6.54 Å². The van der Waals surface area contributed by atoms with Gasteiger partial charge in [-0.05, 0) is 24.8 Å². The minimum atomic E-state index is -4.50. The summed E-state index contributed by atoms with van der Waals surface area (Å²) in [5, 5.41) is 3.30. The van der Waals surface area contributed by atoms with Crippen LogP contribution >= 0.6 is 0 Å². The van der Waals surface area contributed by atoms with Gasteiger partial charge in [-0.15, -0.1) is 0 Å². The average Bonchev–Trinajstić information content (AvgIpc) is 2.41. The third-order valence-electron chi connectivity index (χ3n) is 4.19. The lowest BCUT2D eigenvalue weighted by atomic mass is 9.86. The molecule has 0 aromatic carbocycles. The van der Waals surface area contributed by atoms with E-state index < -0.39 is 17.4 Å². The summed E-state index contributed by atoms with van der Waals surface area (Å²) >= 11 is 0. The summed E-state index contributed by atoms with van der Waals surface area (Å²) in [5.41, 5.74) is -1.49. The summed E-state index contributed by atoms with van der Waals surface area (Å²) in [6.45, 7) is 2.58. The number of hydrogen-bond acceptors (Lipinski definition) is 2. The monoisotopic (exact) mass is 302 g/mol. The van der Waals surface area contributed by atoms with E-state index in [2.05, 4.69) is 12.2 Å². The zero-order valence-electron chi connectivity index (χ0n) is 12.1. The first-order valence-corrected chi connectivity index (χ1v) is 7.40. The summed E-state index contributed by atoms with van der Waals surface area (Å²) in [6, 6.07) is 3.61. The summed E-state index contributed by atoms with van der Waals surface area (Å²) in [4.78, 5) is 11.7. The van der Waals surface area contributed by atoms with Gasteiger partial charge in [0.15, 0.2) is 0 Å². The molecule has 0 radical (unpaired) electrons. The molecule has 2 rings (SSSR count). The van der Waals surface area contributed by atoms with Crippen LogP contribution in [0.25, 0.3) is 0 Å². The van der Waals surface area contributed by atoms with Crippen LogP contribution in [0.3, 0.4) is 0 Å². The molecule has 0 bridgehead atoms. The molecule has 1 fully saturated rings. The predicted octanol–water partition coefficient (Wildman–Crippen LogP) is 3.04. The molecule has 3 nitrogen and oxygen atoms in total. The van der Waals surface area contributed by atoms with E-state index in [1.807, 2.05) is 0 Å². The Hall–Kier alpha value is -1.30. The van der Waals surface area contributed by atoms with Crippen molar-refractivity contribution < 1.29 is 13.2 Å². The van der Waals surface area contributed by atoms with E-state index in [1.165, 1.54) is 12.5 Å². The van der Waals surface area contributed by atoms with E-state index in [4.69, 9.17) is 0 Å². The number of pyridine rings is 1. The Morgan fingerprint density at radius 2 is 2.00 bits per heavy atom. The standard InChI is InChI=1S/C15H21F3N2O/c1-11-5-2-3-6-12(11)19-9-10-20-13(15(16,17)18)7-4-8-14(20)21/h4,7-8,11-12,19H,2-3,5-6,9-10H2,1H3. The van der Waals surface area contributed by atoms with Gasteiger partial charge in [0, 0.05) is 25.2 Å². The van der Waals surface area contributed by atoms with Crippen LogP contribution < -0.4 is 10.9 Å². The zero-order valence-corrected chi connectivity index (χ0v) is 12.1. The number of halogens is 3. The van der Waals surface area contributed by atoms with Crippen LogP contribution in [0.15, 0.2) is 23.0 Å². The second-order valence-corrected chi connectivity index (χ2v) is 5.72. The highest BCUT2D eigenvalue weighted by atomic mass is 19.4. The molecule has 1 heterocycles. The quantitative estimate of drug-likeness (QED) is 0.927. The predicted molar refractivity (Wildman–Crippen MR) is 75.1 cm³/mol. The molecule has 1 aliphatic rings. The lowest BCUT2D eigenvalue weighted by molar-refractivity contribution is -0.144. The Labute approximate surface area is 122 Å². The molecule has 21 heavy (non-hydrogen) atoms. The summed E-state index contributed by atoms with van der Waals surface area (Å²) in [5.74, 6) is 0.535. The summed E-state index contributed by atoms with van der Waals surface area (Å²) in [6.07, 6.45) is 0.0725. The number of alkyl halides is 3. The van der Waals surface area contributed by atoms with E-state index in [0.29, 0.717) is 18.5 Å². The molecule has 2 unspecified atom stereocenters. The minimum absolute atomic E-state index is 0.0394. The van der Waals surface area contributed by atoms with E-state index in [9.17, 15) is 18.0 Å². The van der Waals surface area contributed by atoms with Crippen molar-refractivity contribution in [2.24, 2.45) is 5.92 Å². The Balaban J connectivity index is 2.01. The van der Waals surface area contributed by atoms with Crippen LogP contribution in [0.4, 0.5) is 13.2 Å². The molecule has 6 heteroatoms. The molecule has 0 amide bonds. The van der Waals surface area contributed by atoms with Crippen molar-refractivity contribution in [1.29, 1.82) is 0 Å². The second-order valence-electron chi connectivity index (χ2n) is 5.72. The van der Waals surface area contributed by atoms with Crippen molar-refractivity contribution in [3.05, 3.63) is 34.2 Å². The zero-order chi connectivity index (χ0) is 15.5. The van der Waals surface area contributed by atoms with Gasteiger partial charge in [0.2, 0.25) is 0 Å². The van der Waals surface area contributed by atoms with Gasteiger partial charge in [-0.3, -0.25) is 4.79 Å². The van der Waals surface area contributed by atoms with Crippen molar-refractivity contribution in [1.82, 2.24) is 9.88 Å². The molecule has 1 N–H and O–H groups in total. The van der Waals surface area contributed by atoms with Gasteiger partial charge >= 0.3 is 6.18 Å². The first-order chi connectivity index (χ1) is 9.89. The molecule has 0 saturated heterocycles. The number of rotatable bonds is 4. The summed E-state index contributed by atoms with van der Waals surface area (Å²) in [7, 11) is 0. The molecular formula is C15H21F3N2O. The Morgan fingerprint density at radius 3 is 2.67 bits per heavy atom. The van der Waals surface area contributed by atoms with Crippen molar-refractivity contribution in [2.75, 3.05) is 6.54 Å². The highest BCUT2D eigenvalue weighted by Gasteiger charge is 2.34. The molecule has 118 valence electrons. The molecule has 1 aliphatic carbocycles. The SMILES string of the molecule is CC1CCCCC1NCCn1c(C(F)(F)F)cccc1=O. The van der Waals surface area contributed by atoms with Gasteiger partial charge < -0.3 is 9.88 Å². The molecule has 2 atom stereocenters. The van der Waals surface area contributed by atoms with Crippen LogP contribution in [0.5, 0.6) is 0 Å². The lowest BCUT2D eigenvalue weighted by Gasteiger charge is -2.30. The van der Waals surface area contributed by atoms with Crippen molar-refractivity contribution in [3.63, 3.8) is 0 Å². The van der Waals surface area contributed by atoms with Crippen LogP contribution in [0.2, 0.25) is 0 Å². The lowest BCUT2D eigenvalue weighted by Crippen LogP contribution is -2.40. The maximum atomic E-state index is 12.9. The van der Waals surface area contributed by atoms with Gasteiger partial charge in [-0.2, -0.15) is 13.2 Å². The maximum Gasteiger partial charge on any atom is 0.431 e. The third kappa shape index (κ3) is 4.09. The highest BCUT2D eigenvalue weighted by Crippen LogP contribution is 2.28. The van der Waals surface area contributed by atoms with Crippen molar-refractivity contribution in [3.8, 4) is 0 Å². The fourth-order valence-electron chi connectivity index (χ4n) is 2.98. The normalized spacial score (nSPS) is 23.2. The van der Waals surface area contributed by atoms with Gasteiger partial charge in [0.05, 0.1) is 0 Å². The largest absolute Gasteiger partial charge is 0.431 e. The van der Waals surface area contributed by atoms with Gasteiger partial charge in [0.1, 0.15) is 5.69 Å². The van der Waals surface area contributed by atoms with E-state index in [1.54, 1.807) is 0 Å². The summed E-state index contributed by atoms with van der Waals surface area (Å²) < 4.78 is 39.5.